The average molecular weight is 379 g/mol. The van der Waals surface area contributed by atoms with Gasteiger partial charge in [-0.25, -0.2) is 17.9 Å². The molecule has 0 aliphatic rings. The highest BCUT2D eigenvalue weighted by atomic mass is 79.9. The van der Waals surface area contributed by atoms with Crippen molar-refractivity contribution in [1.82, 2.24) is 10.0 Å². The summed E-state index contributed by atoms with van der Waals surface area (Å²) in [4.78, 5) is 11.5. The summed E-state index contributed by atoms with van der Waals surface area (Å²) in [6, 6.07) is 4.24. The van der Waals surface area contributed by atoms with E-state index in [4.69, 9.17) is 0 Å². The number of rotatable bonds is 7. The third-order valence-corrected chi connectivity index (χ3v) is 5.17. The Morgan fingerprint density at radius 3 is 2.62 bits per heavy atom. The number of carbonyl (C=O) groups is 1. The number of likely N-dealkylation sites (N-methyl/N-ethyl adjacent to an activating group) is 1. The Kier molecular flexibility index (Phi) is 6.79. The number of ether oxygens (including phenoxy) is 1. The van der Waals surface area contributed by atoms with Gasteiger partial charge in [-0.2, -0.15) is 0 Å². The van der Waals surface area contributed by atoms with Gasteiger partial charge in [0.1, 0.15) is 0 Å². The predicted octanol–water partition coefficient (Wildman–Crippen LogP) is 1.51. The zero-order valence-electron chi connectivity index (χ0n) is 12.1. The summed E-state index contributed by atoms with van der Waals surface area (Å²) >= 11 is 3.18. The Morgan fingerprint density at radius 1 is 1.43 bits per heavy atom. The largest absolute Gasteiger partial charge is 0.465 e. The minimum absolute atomic E-state index is 0.0258. The van der Waals surface area contributed by atoms with Gasteiger partial charge in [0.25, 0.3) is 0 Å². The maximum absolute atomic E-state index is 12.2. The summed E-state index contributed by atoms with van der Waals surface area (Å²) in [7, 11) is -2.37. The Hall–Kier alpha value is -0.960. The van der Waals surface area contributed by atoms with Crippen LogP contribution in [0, 0.1) is 0 Å². The second-order valence-electron chi connectivity index (χ2n) is 4.45. The fourth-order valence-electron chi connectivity index (χ4n) is 1.70. The van der Waals surface area contributed by atoms with E-state index in [0.717, 1.165) is 6.54 Å². The standard InChI is InChI=1S/C13H19BrN2O4S/c1-4-15-9(2)8-16-21(18,19)12-6-5-10(7-11(12)14)13(17)20-3/h5-7,9,15-16H,4,8H2,1-3H3/t9-/m1/s1. The quantitative estimate of drug-likeness (QED) is 0.702. The first-order valence-electron chi connectivity index (χ1n) is 6.42. The number of halogens is 1. The van der Waals surface area contributed by atoms with Crippen molar-refractivity contribution in [3.05, 3.63) is 28.2 Å². The molecule has 0 amide bonds. The Balaban J connectivity index is 2.91. The van der Waals surface area contributed by atoms with Crippen molar-refractivity contribution in [3.63, 3.8) is 0 Å². The number of benzene rings is 1. The smallest absolute Gasteiger partial charge is 0.337 e. The first kappa shape index (κ1) is 18.1. The summed E-state index contributed by atoms with van der Waals surface area (Å²) in [5.41, 5.74) is 0.282. The van der Waals surface area contributed by atoms with Crippen LogP contribution >= 0.6 is 15.9 Å². The molecule has 8 heteroatoms. The fraction of sp³-hybridized carbons (Fsp3) is 0.462. The Bertz CT molecular complexity index is 604. The van der Waals surface area contributed by atoms with Gasteiger partial charge in [0.05, 0.1) is 17.6 Å². The molecule has 0 heterocycles. The van der Waals surface area contributed by atoms with Crippen molar-refractivity contribution < 1.29 is 17.9 Å². The van der Waals surface area contributed by atoms with Crippen LogP contribution in [0.1, 0.15) is 24.2 Å². The van der Waals surface area contributed by atoms with E-state index in [1.165, 1.54) is 25.3 Å². The minimum Gasteiger partial charge on any atom is -0.465 e. The summed E-state index contributed by atoms with van der Waals surface area (Å²) in [6.45, 7) is 4.89. The van der Waals surface area contributed by atoms with Crippen LogP contribution in [0.4, 0.5) is 0 Å². The molecule has 0 unspecified atom stereocenters. The first-order chi connectivity index (χ1) is 9.81. The highest BCUT2D eigenvalue weighted by Gasteiger charge is 2.19. The van der Waals surface area contributed by atoms with E-state index >= 15 is 0 Å². The lowest BCUT2D eigenvalue weighted by atomic mass is 10.2. The molecular weight excluding hydrogens is 360 g/mol. The SMILES string of the molecule is CCN[C@H](C)CNS(=O)(=O)c1ccc(C(=O)OC)cc1Br. The molecule has 2 N–H and O–H groups in total. The molecule has 6 nitrogen and oxygen atoms in total. The van der Waals surface area contributed by atoms with Crippen molar-refractivity contribution in [3.8, 4) is 0 Å². The first-order valence-corrected chi connectivity index (χ1v) is 8.70. The van der Waals surface area contributed by atoms with Gasteiger partial charge in [0.15, 0.2) is 0 Å². The molecule has 0 bridgehead atoms. The lowest BCUT2D eigenvalue weighted by Gasteiger charge is -2.14. The van der Waals surface area contributed by atoms with Gasteiger partial charge in [-0.05, 0) is 47.6 Å². The molecule has 0 saturated carbocycles. The maximum atomic E-state index is 12.2. The lowest BCUT2D eigenvalue weighted by Crippen LogP contribution is -2.38. The van der Waals surface area contributed by atoms with Crippen molar-refractivity contribution in [1.29, 1.82) is 0 Å². The molecule has 21 heavy (non-hydrogen) atoms. The van der Waals surface area contributed by atoms with Crippen LogP contribution in [-0.4, -0.2) is 40.6 Å². The topological polar surface area (TPSA) is 84.5 Å². The van der Waals surface area contributed by atoms with Crippen LogP contribution in [0.3, 0.4) is 0 Å². The minimum atomic E-state index is -3.64. The van der Waals surface area contributed by atoms with Gasteiger partial charge in [0.2, 0.25) is 10.0 Å². The normalized spacial score (nSPS) is 13.0. The number of hydrogen-bond donors (Lipinski definition) is 2. The fourth-order valence-corrected chi connectivity index (χ4v) is 3.90. The van der Waals surface area contributed by atoms with Crippen molar-refractivity contribution in [2.75, 3.05) is 20.2 Å². The molecule has 0 aliphatic heterocycles. The molecule has 1 aromatic rings. The van der Waals surface area contributed by atoms with Crippen molar-refractivity contribution >= 4 is 31.9 Å². The Morgan fingerprint density at radius 2 is 2.10 bits per heavy atom. The van der Waals surface area contributed by atoms with E-state index in [0.29, 0.717) is 4.47 Å². The van der Waals surface area contributed by atoms with E-state index in [1.807, 2.05) is 13.8 Å². The van der Waals surface area contributed by atoms with Gasteiger partial charge < -0.3 is 10.1 Å². The van der Waals surface area contributed by atoms with E-state index in [9.17, 15) is 13.2 Å². The molecule has 1 atom stereocenters. The molecule has 0 spiro atoms. The van der Waals surface area contributed by atoms with Crippen LogP contribution in [0.25, 0.3) is 0 Å². The number of esters is 1. The number of methoxy groups -OCH3 is 1. The number of sulfonamides is 1. The number of hydrogen-bond acceptors (Lipinski definition) is 5. The average Bonchev–Trinajstić information content (AvgIpc) is 2.44. The van der Waals surface area contributed by atoms with E-state index in [-0.39, 0.29) is 23.0 Å². The highest BCUT2D eigenvalue weighted by molar-refractivity contribution is 9.10. The highest BCUT2D eigenvalue weighted by Crippen LogP contribution is 2.23. The predicted molar refractivity (Wildman–Crippen MR) is 83.8 cm³/mol. The van der Waals surface area contributed by atoms with Crippen LogP contribution in [0.5, 0.6) is 0 Å². The van der Waals surface area contributed by atoms with Gasteiger partial charge in [-0.15, -0.1) is 0 Å². The van der Waals surface area contributed by atoms with Crippen LogP contribution in [0.2, 0.25) is 0 Å². The van der Waals surface area contributed by atoms with Gasteiger partial charge in [-0.1, -0.05) is 6.92 Å². The van der Waals surface area contributed by atoms with Crippen molar-refractivity contribution in [2.24, 2.45) is 0 Å². The van der Waals surface area contributed by atoms with E-state index in [2.05, 4.69) is 30.7 Å². The molecule has 0 saturated heterocycles. The molecule has 0 aliphatic carbocycles. The third-order valence-electron chi connectivity index (χ3n) is 2.77. The third kappa shape index (κ3) is 5.06. The van der Waals surface area contributed by atoms with E-state index in [1.54, 1.807) is 0 Å². The van der Waals surface area contributed by atoms with Gasteiger partial charge in [0, 0.05) is 17.1 Å². The zero-order valence-corrected chi connectivity index (χ0v) is 14.5. The van der Waals surface area contributed by atoms with E-state index < -0.39 is 16.0 Å². The molecule has 118 valence electrons. The monoisotopic (exact) mass is 378 g/mol. The van der Waals surface area contributed by atoms with Crippen LogP contribution in [0.15, 0.2) is 27.6 Å². The molecule has 0 aromatic heterocycles. The Labute approximate surface area is 133 Å². The van der Waals surface area contributed by atoms with Crippen LogP contribution in [-0.2, 0) is 14.8 Å². The molecular formula is C13H19BrN2O4S. The second kappa shape index (κ2) is 7.88. The number of carbonyl (C=O) groups excluding carboxylic acids is 1. The lowest BCUT2D eigenvalue weighted by molar-refractivity contribution is 0.0600. The molecule has 0 radical (unpaired) electrons. The summed E-state index contributed by atoms with van der Waals surface area (Å²) < 4.78 is 31.9. The van der Waals surface area contributed by atoms with Crippen LogP contribution < -0.4 is 10.0 Å². The number of nitrogens with one attached hydrogen (secondary N) is 2. The maximum Gasteiger partial charge on any atom is 0.337 e. The van der Waals surface area contributed by atoms with Gasteiger partial charge >= 0.3 is 5.97 Å². The zero-order chi connectivity index (χ0) is 16.0. The summed E-state index contributed by atoms with van der Waals surface area (Å²) in [5.74, 6) is -0.520. The van der Waals surface area contributed by atoms with Crippen molar-refractivity contribution in [2.45, 2.75) is 24.8 Å². The molecule has 1 aromatic carbocycles. The molecule has 1 rings (SSSR count). The summed E-state index contributed by atoms with van der Waals surface area (Å²) in [5, 5.41) is 3.12. The van der Waals surface area contributed by atoms with Gasteiger partial charge in [-0.3, -0.25) is 0 Å². The summed E-state index contributed by atoms with van der Waals surface area (Å²) in [6.07, 6.45) is 0. The molecule has 0 fully saturated rings. The second-order valence-corrected chi connectivity index (χ2v) is 7.04.